The molecule has 74 heavy (non-hydrogen) atoms. The molecule has 15 heterocycles. The Hall–Kier alpha value is -10.8. The minimum atomic E-state index is 0.316. The summed E-state index contributed by atoms with van der Waals surface area (Å²) in [6.07, 6.45) is 22.8. The van der Waals surface area contributed by atoms with Crippen LogP contribution in [0, 0.1) is 11.3 Å². The van der Waals surface area contributed by atoms with Crippen molar-refractivity contribution in [3.63, 3.8) is 0 Å². The molecule has 1 aliphatic heterocycles. The van der Waals surface area contributed by atoms with E-state index in [-0.39, 0.29) is 0 Å². The van der Waals surface area contributed by atoms with Crippen molar-refractivity contribution in [3.05, 3.63) is 182 Å². The summed E-state index contributed by atoms with van der Waals surface area (Å²) in [5.74, 6) is 0. The first kappa shape index (κ1) is 40.0. The van der Waals surface area contributed by atoms with Gasteiger partial charge in [-0.1, -0.05) is 6.08 Å². The number of hydrogen-bond donors (Lipinski definition) is 0. The first-order valence-electron chi connectivity index (χ1n) is 23.9. The van der Waals surface area contributed by atoms with E-state index < -0.39 is 0 Å². The third kappa shape index (κ3) is 5.22. The number of aliphatic imine (C=N–C) groups is 1. The van der Waals surface area contributed by atoms with Crippen LogP contribution in [0.15, 0.2) is 176 Å². The molecule has 0 spiro atoms. The van der Waals surface area contributed by atoms with Gasteiger partial charge < -0.3 is 22.8 Å². The van der Waals surface area contributed by atoms with E-state index in [9.17, 15) is 5.26 Å². The molecule has 0 unspecified atom stereocenters. The maximum atomic E-state index is 12.8. The Morgan fingerprint density at radius 3 is 0.919 bits per heavy atom. The minimum Gasteiger partial charge on any atom is -0.303 e. The van der Waals surface area contributed by atoms with Gasteiger partial charge in [-0.25, -0.2) is 0 Å². The largest absolute Gasteiger partial charge is 0.303 e. The Kier molecular flexibility index (Phi) is 8.16. The molecule has 14 aromatic heterocycles. The standard InChI is InChI=1S/C58H32N16/c59-32-33-54(70-35-13-3-23-61-45(35)46-36(70)14-4-24-62-46)56(72-39-17-7-27-65-49(39)50-40(72)18-8-28-66-50)58(74-34-12-1-2-22-60-44(34)53-43(74)21-11-31-69-53)57(73-41-19-9-29-67-51(41)52-42(73)20-10-30-68-52)55(33)71-37-15-5-25-63-47(37)48-38(71)16-6-26-64-48/h1,3-31H,2H2. The molecule has 0 bridgehead atoms. The molecule has 16 rings (SSSR count). The van der Waals surface area contributed by atoms with Gasteiger partial charge in [0.25, 0.3) is 0 Å². The van der Waals surface area contributed by atoms with Crippen LogP contribution in [0.25, 0.3) is 134 Å². The number of benzene rings is 1. The highest BCUT2D eigenvalue weighted by molar-refractivity contribution is 6.13. The molecule has 1 aromatic carbocycles. The smallest absolute Gasteiger partial charge is 0.115 e. The fourth-order valence-corrected chi connectivity index (χ4v) is 11.4. The molecule has 344 valence electrons. The molecule has 0 amide bonds. The van der Waals surface area contributed by atoms with Gasteiger partial charge in [-0.2, -0.15) is 5.26 Å². The van der Waals surface area contributed by atoms with Crippen LogP contribution in [0.1, 0.15) is 17.7 Å². The summed E-state index contributed by atoms with van der Waals surface area (Å²) in [5.41, 5.74) is 17.6. The maximum absolute atomic E-state index is 12.8. The lowest BCUT2D eigenvalue weighted by molar-refractivity contribution is 0.974. The Bertz CT molecular complexity index is 4570. The second-order valence-electron chi connectivity index (χ2n) is 17.9. The zero-order chi connectivity index (χ0) is 48.6. The van der Waals surface area contributed by atoms with Crippen LogP contribution in [-0.2, 0) is 0 Å². The van der Waals surface area contributed by atoms with Crippen LogP contribution in [0.4, 0.5) is 5.69 Å². The van der Waals surface area contributed by atoms with Gasteiger partial charge in [0.2, 0.25) is 0 Å². The normalized spacial score (nSPS) is 12.7. The van der Waals surface area contributed by atoms with Crippen molar-refractivity contribution in [3.8, 4) is 34.5 Å². The van der Waals surface area contributed by atoms with Crippen LogP contribution in [0.2, 0.25) is 0 Å². The Morgan fingerprint density at radius 1 is 0.338 bits per heavy atom. The number of aromatic nitrogens is 14. The van der Waals surface area contributed by atoms with Crippen LogP contribution in [-0.4, -0.2) is 73.9 Å². The van der Waals surface area contributed by atoms with Gasteiger partial charge in [0.15, 0.2) is 0 Å². The van der Waals surface area contributed by atoms with Gasteiger partial charge in [0.1, 0.15) is 67.0 Å². The Labute approximate surface area is 416 Å². The van der Waals surface area contributed by atoms with Crippen molar-refractivity contribution in [1.82, 2.24) is 67.7 Å². The Morgan fingerprint density at radius 2 is 0.608 bits per heavy atom. The van der Waals surface area contributed by atoms with Crippen molar-refractivity contribution in [1.29, 1.82) is 5.26 Å². The third-order valence-corrected chi connectivity index (χ3v) is 14.2. The summed E-state index contributed by atoms with van der Waals surface area (Å²) in [5, 5.41) is 12.8. The zero-order valence-corrected chi connectivity index (χ0v) is 38.7. The monoisotopic (exact) mass is 952 g/mol. The average Bonchev–Trinajstić information content (AvgIpc) is 4.24. The molecule has 0 N–H and O–H groups in total. The van der Waals surface area contributed by atoms with E-state index in [1.807, 2.05) is 85.1 Å². The van der Waals surface area contributed by atoms with E-state index in [0.29, 0.717) is 95.8 Å². The topological polar surface area (TPSA) is 177 Å². The lowest BCUT2D eigenvalue weighted by Gasteiger charge is -2.29. The summed E-state index contributed by atoms with van der Waals surface area (Å²) >= 11 is 0. The third-order valence-electron chi connectivity index (χ3n) is 14.2. The van der Waals surface area contributed by atoms with E-state index in [1.54, 1.807) is 55.8 Å². The molecule has 0 fully saturated rings. The first-order chi connectivity index (χ1) is 36.8. The fourth-order valence-electron chi connectivity index (χ4n) is 11.4. The van der Waals surface area contributed by atoms with Crippen molar-refractivity contribution < 1.29 is 0 Å². The van der Waals surface area contributed by atoms with E-state index >= 15 is 0 Å². The van der Waals surface area contributed by atoms with Gasteiger partial charge in [0.05, 0.1) is 83.8 Å². The van der Waals surface area contributed by atoms with E-state index in [4.69, 9.17) is 49.8 Å². The molecule has 15 aromatic rings. The lowest BCUT2D eigenvalue weighted by Crippen LogP contribution is -2.19. The number of hydrogen-bond acceptors (Lipinski definition) is 11. The van der Waals surface area contributed by atoms with Gasteiger partial charge >= 0.3 is 0 Å². The van der Waals surface area contributed by atoms with Crippen LogP contribution in [0.3, 0.4) is 0 Å². The van der Waals surface area contributed by atoms with Crippen molar-refractivity contribution in [2.45, 2.75) is 6.42 Å². The summed E-state index contributed by atoms with van der Waals surface area (Å²) < 4.78 is 11.0. The molecule has 0 aliphatic carbocycles. The number of nitriles is 1. The van der Waals surface area contributed by atoms with E-state index in [0.717, 1.165) is 55.3 Å². The molecule has 0 saturated carbocycles. The highest BCUT2D eigenvalue weighted by Gasteiger charge is 2.37. The van der Waals surface area contributed by atoms with Gasteiger partial charge in [-0.3, -0.25) is 49.8 Å². The summed E-state index contributed by atoms with van der Waals surface area (Å²) in [7, 11) is 0. The van der Waals surface area contributed by atoms with Crippen LogP contribution >= 0.6 is 0 Å². The molecular weight excluding hydrogens is 921 g/mol. The van der Waals surface area contributed by atoms with Gasteiger partial charge in [-0.05, 0) is 115 Å². The van der Waals surface area contributed by atoms with Gasteiger partial charge in [0, 0.05) is 68.4 Å². The number of rotatable bonds is 5. The molecule has 16 heteroatoms. The first-order valence-corrected chi connectivity index (χ1v) is 23.9. The second kappa shape index (κ2) is 15.1. The van der Waals surface area contributed by atoms with E-state index in [1.165, 1.54) is 0 Å². The quantitative estimate of drug-likeness (QED) is 0.161. The van der Waals surface area contributed by atoms with Crippen molar-refractivity contribution in [2.24, 2.45) is 4.99 Å². The Balaban J connectivity index is 1.31. The molecule has 16 nitrogen and oxygen atoms in total. The van der Waals surface area contributed by atoms with E-state index in [2.05, 4.69) is 71.4 Å². The molecule has 0 radical (unpaired) electrons. The highest BCUT2D eigenvalue weighted by atomic mass is 15.2. The number of nitrogens with zero attached hydrogens (tertiary/aromatic N) is 16. The predicted octanol–water partition coefficient (Wildman–Crippen LogP) is 11.6. The molecule has 1 aliphatic rings. The van der Waals surface area contributed by atoms with Crippen LogP contribution in [0.5, 0.6) is 0 Å². The summed E-state index contributed by atoms with van der Waals surface area (Å²) in [6, 6.07) is 38.8. The zero-order valence-electron chi connectivity index (χ0n) is 38.7. The van der Waals surface area contributed by atoms with Crippen molar-refractivity contribution in [2.75, 3.05) is 0 Å². The number of fused-ring (bicyclic) bond motifs is 15. The molecule has 0 saturated heterocycles. The summed E-state index contributed by atoms with van der Waals surface area (Å²) in [6.45, 7) is 0. The van der Waals surface area contributed by atoms with Crippen LogP contribution < -0.4 is 0 Å². The van der Waals surface area contributed by atoms with Crippen molar-refractivity contribution >= 4 is 117 Å². The summed E-state index contributed by atoms with van der Waals surface area (Å²) in [4.78, 5) is 50.4. The predicted molar refractivity (Wildman–Crippen MR) is 287 cm³/mol. The van der Waals surface area contributed by atoms with Gasteiger partial charge in [-0.15, -0.1) is 0 Å². The fraction of sp³-hybridized carbons (Fsp3) is 0.0172. The lowest BCUT2D eigenvalue weighted by atomic mass is 10.0. The minimum absolute atomic E-state index is 0.316. The number of pyridine rings is 9. The maximum Gasteiger partial charge on any atom is 0.115 e. The molecular formula is C58H32N16. The number of allylic oxidation sites excluding steroid dienone is 1. The SMILES string of the molecule is N#Cc1c(-n2c3cccnc3c3ncccc32)c(-n2c3cccnc3c3ncccc32)c(-n2c3c(c4ncccc42)N=CCC=C3)c(-n2c3cccnc3c3ncccc32)c1-n1c2cccnc2c2ncccc21. The average molecular weight is 953 g/mol. The molecule has 0 atom stereocenters. The second-order valence-corrected chi connectivity index (χ2v) is 17.9. The highest BCUT2D eigenvalue weighted by Crippen LogP contribution is 2.51.